The van der Waals surface area contributed by atoms with Crippen LogP contribution >= 0.6 is 0 Å². The van der Waals surface area contributed by atoms with Gasteiger partial charge in [-0.3, -0.25) is 9.89 Å². The number of aromatic nitrogens is 2. The highest BCUT2D eigenvalue weighted by atomic mass is 16.1. The number of rotatable bonds is 5. The molecule has 1 aromatic carbocycles. The van der Waals surface area contributed by atoms with E-state index < -0.39 is 0 Å². The van der Waals surface area contributed by atoms with Gasteiger partial charge in [0.25, 0.3) is 0 Å². The van der Waals surface area contributed by atoms with Gasteiger partial charge in [0.1, 0.15) is 0 Å². The topological polar surface area (TPSA) is 83.8 Å². The Kier molecular flexibility index (Phi) is 3.62. The second kappa shape index (κ2) is 5.35. The van der Waals surface area contributed by atoms with Gasteiger partial charge in [0.15, 0.2) is 0 Å². The van der Waals surface area contributed by atoms with Crippen LogP contribution in [0.5, 0.6) is 0 Å². The minimum Gasteiger partial charge on any atom is -0.377 e. The zero-order chi connectivity index (χ0) is 13.0. The van der Waals surface area contributed by atoms with Crippen LogP contribution in [-0.2, 0) is 11.2 Å². The van der Waals surface area contributed by atoms with Crippen LogP contribution in [0.15, 0.2) is 36.5 Å². The summed E-state index contributed by atoms with van der Waals surface area (Å²) < 4.78 is 0. The second-order valence-corrected chi connectivity index (χ2v) is 4.18. The molecular weight excluding hydrogens is 228 g/mol. The molecular formula is C13H16N4O. The van der Waals surface area contributed by atoms with E-state index in [0.29, 0.717) is 0 Å². The first-order valence-corrected chi connectivity index (χ1v) is 5.79. The molecule has 5 heteroatoms. The summed E-state index contributed by atoms with van der Waals surface area (Å²) in [5.41, 5.74) is 8.04. The summed E-state index contributed by atoms with van der Waals surface area (Å²) >= 11 is 0. The number of hydrogen-bond donors (Lipinski definition) is 3. The number of hydrogen-bond acceptors (Lipinski definition) is 3. The molecule has 2 rings (SSSR count). The molecule has 0 aliphatic heterocycles. The van der Waals surface area contributed by atoms with Gasteiger partial charge in [-0.15, -0.1) is 0 Å². The molecule has 94 valence electrons. The molecule has 0 bridgehead atoms. The minimum atomic E-state index is -0.335. The molecule has 0 saturated carbocycles. The van der Waals surface area contributed by atoms with Gasteiger partial charge in [-0.05, 0) is 24.6 Å². The highest BCUT2D eigenvalue weighted by Crippen LogP contribution is 2.21. The molecule has 0 aliphatic rings. The van der Waals surface area contributed by atoms with Gasteiger partial charge in [0.2, 0.25) is 5.91 Å². The second-order valence-electron chi connectivity index (χ2n) is 4.18. The molecule has 0 radical (unpaired) electrons. The lowest BCUT2D eigenvalue weighted by Crippen LogP contribution is -2.16. The number of para-hydroxylation sites is 1. The Hall–Kier alpha value is -2.30. The number of aromatic amines is 1. The van der Waals surface area contributed by atoms with Crippen molar-refractivity contribution in [3.8, 4) is 0 Å². The number of carbonyl (C=O) groups excluding carboxylic acids is 1. The van der Waals surface area contributed by atoms with E-state index in [1.807, 2.05) is 37.3 Å². The van der Waals surface area contributed by atoms with Crippen molar-refractivity contribution in [2.45, 2.75) is 19.4 Å². The van der Waals surface area contributed by atoms with Crippen molar-refractivity contribution < 1.29 is 4.79 Å². The Morgan fingerprint density at radius 2 is 2.22 bits per heavy atom. The Labute approximate surface area is 105 Å². The lowest BCUT2D eigenvalue weighted by molar-refractivity contribution is -0.117. The number of nitrogens with zero attached hydrogens (tertiary/aromatic N) is 1. The summed E-state index contributed by atoms with van der Waals surface area (Å²) in [5.74, 6) is -0.335. The zero-order valence-corrected chi connectivity index (χ0v) is 10.2. The van der Waals surface area contributed by atoms with E-state index in [4.69, 9.17) is 5.73 Å². The fourth-order valence-corrected chi connectivity index (χ4v) is 1.82. The fourth-order valence-electron chi connectivity index (χ4n) is 1.82. The largest absolute Gasteiger partial charge is 0.377 e. The van der Waals surface area contributed by atoms with Crippen LogP contribution in [0.4, 0.5) is 5.69 Å². The number of primary amides is 1. The maximum atomic E-state index is 11.0. The van der Waals surface area contributed by atoms with E-state index in [1.165, 1.54) is 0 Å². The van der Waals surface area contributed by atoms with Crippen molar-refractivity contribution in [1.29, 1.82) is 0 Å². The van der Waals surface area contributed by atoms with E-state index in [9.17, 15) is 4.79 Å². The van der Waals surface area contributed by atoms with Crippen LogP contribution in [0.3, 0.4) is 0 Å². The van der Waals surface area contributed by atoms with Crippen molar-refractivity contribution in [1.82, 2.24) is 10.2 Å². The van der Waals surface area contributed by atoms with Crippen LogP contribution in [0.2, 0.25) is 0 Å². The molecule has 1 aromatic heterocycles. The van der Waals surface area contributed by atoms with Gasteiger partial charge >= 0.3 is 0 Å². The number of carbonyl (C=O) groups is 1. The van der Waals surface area contributed by atoms with Crippen LogP contribution in [0, 0.1) is 0 Å². The van der Waals surface area contributed by atoms with Crippen molar-refractivity contribution in [3.05, 3.63) is 47.8 Å². The smallest absolute Gasteiger partial charge is 0.221 e. The molecule has 4 N–H and O–H groups in total. The van der Waals surface area contributed by atoms with Crippen molar-refractivity contribution >= 4 is 11.6 Å². The van der Waals surface area contributed by atoms with E-state index in [2.05, 4.69) is 15.5 Å². The molecule has 18 heavy (non-hydrogen) atoms. The average Bonchev–Trinajstić information content (AvgIpc) is 2.84. The summed E-state index contributed by atoms with van der Waals surface area (Å²) in [5, 5.41) is 10.2. The normalized spacial score (nSPS) is 12.1. The Morgan fingerprint density at radius 1 is 1.44 bits per heavy atom. The third-order valence-electron chi connectivity index (χ3n) is 2.74. The maximum Gasteiger partial charge on any atom is 0.221 e. The van der Waals surface area contributed by atoms with Gasteiger partial charge in [0, 0.05) is 11.9 Å². The van der Waals surface area contributed by atoms with E-state index in [-0.39, 0.29) is 18.4 Å². The third-order valence-corrected chi connectivity index (χ3v) is 2.74. The Bertz CT molecular complexity index is 522. The number of nitrogens with two attached hydrogens (primary N) is 1. The molecule has 2 aromatic rings. The number of benzene rings is 1. The molecule has 0 saturated heterocycles. The molecule has 1 amide bonds. The van der Waals surface area contributed by atoms with Crippen LogP contribution in [-0.4, -0.2) is 16.1 Å². The predicted molar refractivity (Wildman–Crippen MR) is 70.0 cm³/mol. The maximum absolute atomic E-state index is 11.0. The molecule has 0 fully saturated rings. The highest BCUT2D eigenvalue weighted by Gasteiger charge is 2.10. The molecule has 1 unspecified atom stereocenters. The van der Waals surface area contributed by atoms with Gasteiger partial charge in [-0.25, -0.2) is 0 Å². The monoisotopic (exact) mass is 244 g/mol. The average molecular weight is 244 g/mol. The minimum absolute atomic E-state index is 0.0847. The molecule has 1 heterocycles. The van der Waals surface area contributed by atoms with Gasteiger partial charge in [-0.1, -0.05) is 18.2 Å². The molecule has 1 atom stereocenters. The van der Waals surface area contributed by atoms with E-state index in [1.54, 1.807) is 6.20 Å². The first-order valence-electron chi connectivity index (χ1n) is 5.79. The van der Waals surface area contributed by atoms with Crippen LogP contribution < -0.4 is 11.1 Å². The first kappa shape index (κ1) is 12.2. The summed E-state index contributed by atoms with van der Waals surface area (Å²) in [6.07, 6.45) is 1.95. The predicted octanol–water partition coefficient (Wildman–Crippen LogP) is 1.61. The number of H-pyrrole nitrogens is 1. The van der Waals surface area contributed by atoms with Crippen molar-refractivity contribution in [2.75, 3.05) is 5.32 Å². The SMILES string of the molecule is CC(Nc1ccccc1CC(N)=O)c1ccn[nH]1. The van der Waals surface area contributed by atoms with Gasteiger partial charge < -0.3 is 11.1 Å². The van der Waals surface area contributed by atoms with Crippen molar-refractivity contribution in [3.63, 3.8) is 0 Å². The summed E-state index contributed by atoms with van der Waals surface area (Å²) in [6, 6.07) is 9.64. The lowest BCUT2D eigenvalue weighted by Gasteiger charge is -2.16. The summed E-state index contributed by atoms with van der Waals surface area (Å²) in [6.45, 7) is 2.02. The Morgan fingerprint density at radius 3 is 2.89 bits per heavy atom. The lowest BCUT2D eigenvalue weighted by atomic mass is 10.1. The number of amides is 1. The van der Waals surface area contributed by atoms with E-state index >= 15 is 0 Å². The fraction of sp³-hybridized carbons (Fsp3) is 0.231. The standard InChI is InChI=1S/C13H16N4O/c1-9(11-6-7-15-17-11)16-12-5-3-2-4-10(12)8-13(14)18/h2-7,9,16H,8H2,1H3,(H2,14,18)(H,15,17). The first-order chi connectivity index (χ1) is 8.66. The molecule has 0 aliphatic carbocycles. The number of nitrogens with one attached hydrogen (secondary N) is 2. The summed E-state index contributed by atoms with van der Waals surface area (Å²) in [4.78, 5) is 11.0. The third kappa shape index (κ3) is 2.88. The highest BCUT2D eigenvalue weighted by molar-refractivity contribution is 5.78. The van der Waals surface area contributed by atoms with Crippen LogP contribution in [0.25, 0.3) is 0 Å². The Balaban J connectivity index is 2.16. The molecule has 5 nitrogen and oxygen atoms in total. The zero-order valence-electron chi connectivity index (χ0n) is 10.2. The van der Waals surface area contributed by atoms with Crippen molar-refractivity contribution in [2.24, 2.45) is 5.73 Å². The van der Waals surface area contributed by atoms with E-state index in [0.717, 1.165) is 16.9 Å². The van der Waals surface area contributed by atoms with Gasteiger partial charge in [-0.2, -0.15) is 5.10 Å². The number of anilines is 1. The molecule has 0 spiro atoms. The quantitative estimate of drug-likeness (QED) is 0.747. The van der Waals surface area contributed by atoms with Crippen LogP contribution in [0.1, 0.15) is 24.2 Å². The summed E-state index contributed by atoms with van der Waals surface area (Å²) in [7, 11) is 0. The van der Waals surface area contributed by atoms with Gasteiger partial charge in [0.05, 0.1) is 18.2 Å².